The van der Waals surface area contributed by atoms with Crippen LogP contribution in [0.5, 0.6) is 0 Å². The van der Waals surface area contributed by atoms with Gasteiger partial charge in [-0.1, -0.05) is 72.8 Å². The van der Waals surface area contributed by atoms with E-state index in [1.54, 1.807) is 0 Å². The normalized spacial score (nSPS) is 10.9. The summed E-state index contributed by atoms with van der Waals surface area (Å²) in [7, 11) is 0. The predicted molar refractivity (Wildman–Crippen MR) is 112 cm³/mol. The summed E-state index contributed by atoms with van der Waals surface area (Å²) < 4.78 is 0. The monoisotopic (exact) mass is 376 g/mol. The van der Waals surface area contributed by atoms with Crippen molar-refractivity contribution >= 4 is 0 Å². The zero-order valence-corrected chi connectivity index (χ0v) is 16.1. The van der Waals surface area contributed by atoms with E-state index in [2.05, 4.69) is 34.9 Å². The molecule has 0 aliphatic carbocycles. The van der Waals surface area contributed by atoms with Gasteiger partial charge in [0.15, 0.2) is 0 Å². The van der Waals surface area contributed by atoms with Gasteiger partial charge in [0.25, 0.3) is 0 Å². The van der Waals surface area contributed by atoms with E-state index >= 15 is 0 Å². The maximum Gasteiger partial charge on any atom is 0.0681 e. The Labute approximate surface area is 166 Å². The predicted octanol–water partition coefficient (Wildman–Crippen LogP) is 3.25. The quantitative estimate of drug-likeness (QED) is 0.439. The molecule has 0 amide bonds. The Hall–Kier alpha value is -2.50. The molecule has 0 radical (unpaired) electrons. The summed E-state index contributed by atoms with van der Waals surface area (Å²) in [5.41, 5.74) is 6.82. The van der Waals surface area contributed by atoms with Gasteiger partial charge in [-0.25, -0.2) is 0 Å². The molecule has 0 saturated carbocycles. The number of hydrogen-bond donors (Lipinski definition) is 4. The Morgan fingerprint density at radius 3 is 0.821 bits per heavy atom. The zero-order valence-electron chi connectivity index (χ0n) is 16.1. The number of aliphatic hydroxyl groups is 2. The molecule has 0 unspecified atom stereocenters. The van der Waals surface area contributed by atoms with Crippen LogP contribution in [-0.4, -0.2) is 10.2 Å². The van der Waals surface area contributed by atoms with Crippen molar-refractivity contribution in [2.24, 2.45) is 0 Å². The van der Waals surface area contributed by atoms with Crippen LogP contribution in [0.1, 0.15) is 33.4 Å². The van der Waals surface area contributed by atoms with Crippen molar-refractivity contribution in [1.29, 1.82) is 0 Å². The lowest BCUT2D eigenvalue weighted by atomic mass is 10.1. The number of aliphatic hydroxyl groups excluding tert-OH is 2. The van der Waals surface area contributed by atoms with E-state index in [1.165, 1.54) is 22.3 Å². The number of benzene rings is 3. The van der Waals surface area contributed by atoms with Gasteiger partial charge in [-0.15, -0.1) is 0 Å². The third-order valence-electron chi connectivity index (χ3n) is 4.75. The van der Waals surface area contributed by atoms with Gasteiger partial charge in [-0.2, -0.15) is 0 Å². The van der Waals surface area contributed by atoms with Crippen LogP contribution in [-0.2, 0) is 39.4 Å². The highest BCUT2D eigenvalue weighted by molar-refractivity contribution is 5.25. The van der Waals surface area contributed by atoms with Crippen LogP contribution in [0.4, 0.5) is 0 Å². The molecule has 4 nitrogen and oxygen atoms in total. The Balaban J connectivity index is 1.38. The molecule has 4 heteroatoms. The number of hydrogen-bond acceptors (Lipinski definition) is 4. The Morgan fingerprint density at radius 2 is 0.607 bits per heavy atom. The van der Waals surface area contributed by atoms with Gasteiger partial charge >= 0.3 is 0 Å². The van der Waals surface area contributed by atoms with E-state index in [4.69, 9.17) is 10.2 Å². The first-order valence-corrected chi connectivity index (χ1v) is 9.63. The maximum atomic E-state index is 9.08. The standard InChI is InChI=1S/C24H28N2O2/c27-17-23-9-5-21(6-10-23)15-25-13-19-1-2-20(4-3-19)14-26-16-22-7-11-24(18-28)12-8-22/h1-12,25-28H,13-18H2. The summed E-state index contributed by atoms with van der Waals surface area (Å²) in [6.07, 6.45) is 0. The molecule has 0 aliphatic rings. The summed E-state index contributed by atoms with van der Waals surface area (Å²) in [6, 6.07) is 24.7. The van der Waals surface area contributed by atoms with Gasteiger partial charge in [0, 0.05) is 26.2 Å². The summed E-state index contributed by atoms with van der Waals surface area (Å²) in [5.74, 6) is 0. The lowest BCUT2D eigenvalue weighted by Gasteiger charge is -2.08. The van der Waals surface area contributed by atoms with Crippen LogP contribution in [0.3, 0.4) is 0 Å². The molecule has 0 fully saturated rings. The maximum absolute atomic E-state index is 9.08. The Kier molecular flexibility index (Phi) is 7.76. The van der Waals surface area contributed by atoms with E-state index in [0.29, 0.717) is 0 Å². The third-order valence-corrected chi connectivity index (χ3v) is 4.75. The Morgan fingerprint density at radius 1 is 0.393 bits per heavy atom. The lowest BCUT2D eigenvalue weighted by Crippen LogP contribution is -2.14. The highest BCUT2D eigenvalue weighted by Gasteiger charge is 1.98. The molecule has 28 heavy (non-hydrogen) atoms. The fraction of sp³-hybridized carbons (Fsp3) is 0.250. The molecular formula is C24H28N2O2. The second-order valence-corrected chi connectivity index (χ2v) is 6.97. The highest BCUT2D eigenvalue weighted by Crippen LogP contribution is 2.08. The SMILES string of the molecule is OCc1ccc(CNCc2ccc(CNCc3ccc(CO)cc3)cc2)cc1. The molecule has 0 saturated heterocycles. The number of nitrogens with one attached hydrogen (secondary N) is 2. The summed E-state index contributed by atoms with van der Waals surface area (Å²) in [5, 5.41) is 25.1. The molecule has 0 aliphatic heterocycles. The van der Waals surface area contributed by atoms with Crippen LogP contribution < -0.4 is 10.6 Å². The molecule has 3 rings (SSSR count). The van der Waals surface area contributed by atoms with Crippen molar-refractivity contribution in [2.75, 3.05) is 0 Å². The summed E-state index contributed by atoms with van der Waals surface area (Å²) in [6.45, 7) is 3.45. The minimum Gasteiger partial charge on any atom is -0.392 e. The second kappa shape index (κ2) is 10.7. The molecule has 0 spiro atoms. The Bertz CT molecular complexity index is 755. The van der Waals surface area contributed by atoms with Gasteiger partial charge in [0.2, 0.25) is 0 Å². The van der Waals surface area contributed by atoms with E-state index < -0.39 is 0 Å². The van der Waals surface area contributed by atoms with Crippen molar-refractivity contribution in [3.05, 3.63) is 106 Å². The largest absolute Gasteiger partial charge is 0.392 e. The molecule has 3 aromatic carbocycles. The van der Waals surface area contributed by atoms with E-state index in [0.717, 1.165) is 37.3 Å². The topological polar surface area (TPSA) is 64.5 Å². The number of rotatable bonds is 10. The summed E-state index contributed by atoms with van der Waals surface area (Å²) >= 11 is 0. The molecule has 146 valence electrons. The van der Waals surface area contributed by atoms with Crippen LogP contribution in [0.25, 0.3) is 0 Å². The molecule has 3 aromatic rings. The molecule has 0 atom stereocenters. The van der Waals surface area contributed by atoms with Crippen molar-refractivity contribution < 1.29 is 10.2 Å². The fourth-order valence-corrected chi connectivity index (χ4v) is 3.00. The van der Waals surface area contributed by atoms with E-state index in [9.17, 15) is 0 Å². The van der Waals surface area contributed by atoms with E-state index in [1.807, 2.05) is 48.5 Å². The third kappa shape index (κ3) is 6.29. The first kappa shape index (κ1) is 20.2. The van der Waals surface area contributed by atoms with Gasteiger partial charge in [0.05, 0.1) is 13.2 Å². The smallest absolute Gasteiger partial charge is 0.0681 e. The van der Waals surface area contributed by atoms with Crippen molar-refractivity contribution in [3.63, 3.8) is 0 Å². The van der Waals surface area contributed by atoms with Crippen LogP contribution in [0.2, 0.25) is 0 Å². The average molecular weight is 377 g/mol. The van der Waals surface area contributed by atoms with Crippen LogP contribution in [0, 0.1) is 0 Å². The molecule has 0 heterocycles. The summed E-state index contributed by atoms with van der Waals surface area (Å²) in [4.78, 5) is 0. The first-order valence-electron chi connectivity index (χ1n) is 9.63. The second-order valence-electron chi connectivity index (χ2n) is 6.97. The van der Waals surface area contributed by atoms with Gasteiger partial charge in [-0.3, -0.25) is 0 Å². The van der Waals surface area contributed by atoms with Gasteiger partial charge in [-0.05, 0) is 33.4 Å². The first-order chi connectivity index (χ1) is 13.8. The minimum absolute atomic E-state index is 0.0882. The minimum atomic E-state index is 0.0882. The molecular weight excluding hydrogens is 348 g/mol. The zero-order chi connectivity index (χ0) is 19.6. The fourth-order valence-electron chi connectivity index (χ4n) is 3.00. The van der Waals surface area contributed by atoms with Crippen molar-refractivity contribution in [2.45, 2.75) is 39.4 Å². The van der Waals surface area contributed by atoms with Gasteiger partial charge < -0.3 is 20.8 Å². The highest BCUT2D eigenvalue weighted by atomic mass is 16.3. The average Bonchev–Trinajstić information content (AvgIpc) is 2.76. The van der Waals surface area contributed by atoms with Crippen LogP contribution >= 0.6 is 0 Å². The molecule has 0 aromatic heterocycles. The lowest BCUT2D eigenvalue weighted by molar-refractivity contribution is 0.281. The van der Waals surface area contributed by atoms with Crippen LogP contribution in [0.15, 0.2) is 72.8 Å². The molecule has 0 bridgehead atoms. The van der Waals surface area contributed by atoms with Crippen molar-refractivity contribution in [3.8, 4) is 0 Å². The van der Waals surface area contributed by atoms with Crippen molar-refractivity contribution in [1.82, 2.24) is 10.6 Å². The van der Waals surface area contributed by atoms with Gasteiger partial charge in [0.1, 0.15) is 0 Å². The molecule has 4 N–H and O–H groups in total. The van der Waals surface area contributed by atoms with E-state index in [-0.39, 0.29) is 13.2 Å².